The van der Waals surface area contributed by atoms with Crippen molar-refractivity contribution in [2.75, 3.05) is 20.7 Å². The molecule has 0 spiro atoms. The maximum atomic E-state index is 12.1. The van der Waals surface area contributed by atoms with E-state index < -0.39 is 0 Å². The first-order valence-electron chi connectivity index (χ1n) is 6.00. The van der Waals surface area contributed by atoms with Gasteiger partial charge in [-0.1, -0.05) is 30.3 Å². The first kappa shape index (κ1) is 12.6. The fraction of sp³-hybridized carbons (Fsp3) is 0.429. The van der Waals surface area contributed by atoms with E-state index in [9.17, 15) is 9.59 Å². The van der Waals surface area contributed by atoms with Crippen molar-refractivity contribution < 1.29 is 14.3 Å². The largest absolute Gasteiger partial charge is 0.468 e. The first-order chi connectivity index (χ1) is 8.63. The summed E-state index contributed by atoms with van der Waals surface area (Å²) in [5, 5.41) is 0. The normalized spacial score (nSPS) is 21.2. The van der Waals surface area contributed by atoms with E-state index in [4.69, 9.17) is 0 Å². The number of hydrogen-bond donors (Lipinski definition) is 0. The zero-order valence-corrected chi connectivity index (χ0v) is 10.6. The summed E-state index contributed by atoms with van der Waals surface area (Å²) in [6, 6.07) is 10.0. The van der Waals surface area contributed by atoms with Gasteiger partial charge in [0.2, 0.25) is 5.91 Å². The van der Waals surface area contributed by atoms with Crippen molar-refractivity contribution in [3.63, 3.8) is 0 Å². The minimum Gasteiger partial charge on any atom is -0.468 e. The molecule has 0 aromatic heterocycles. The van der Waals surface area contributed by atoms with Gasteiger partial charge in [0.15, 0.2) is 0 Å². The lowest BCUT2D eigenvalue weighted by Crippen LogP contribution is -2.34. The highest BCUT2D eigenvalue weighted by Crippen LogP contribution is 2.48. The number of nitrogens with zero attached hydrogens (tertiary/aromatic N) is 1. The molecule has 1 saturated carbocycles. The summed E-state index contributed by atoms with van der Waals surface area (Å²) in [4.78, 5) is 24.6. The predicted octanol–water partition coefficient (Wildman–Crippen LogP) is 1.42. The molecule has 0 aliphatic heterocycles. The maximum Gasteiger partial charge on any atom is 0.325 e. The highest BCUT2D eigenvalue weighted by molar-refractivity contribution is 5.86. The summed E-state index contributed by atoms with van der Waals surface area (Å²) in [5.41, 5.74) is 1.20. The van der Waals surface area contributed by atoms with Crippen LogP contribution < -0.4 is 0 Å². The molecule has 4 nitrogen and oxygen atoms in total. The Balaban J connectivity index is 1.91. The molecule has 0 radical (unpaired) electrons. The second kappa shape index (κ2) is 5.21. The van der Waals surface area contributed by atoms with E-state index in [0.29, 0.717) is 5.92 Å². The van der Waals surface area contributed by atoms with Crippen LogP contribution in [0.2, 0.25) is 0 Å². The standard InChI is InChI=1S/C14H17NO3/c1-15(9-13(16)18-2)14(17)12-8-11(12)10-6-4-3-5-7-10/h3-7,11-12H,8-9H2,1-2H3. The summed E-state index contributed by atoms with van der Waals surface area (Å²) in [7, 11) is 2.96. The number of rotatable bonds is 4. The van der Waals surface area contributed by atoms with Crippen molar-refractivity contribution in [3.8, 4) is 0 Å². The third-order valence-corrected chi connectivity index (χ3v) is 3.31. The summed E-state index contributed by atoms with van der Waals surface area (Å²) >= 11 is 0. The molecule has 1 aromatic carbocycles. The average Bonchev–Trinajstić information content (AvgIpc) is 3.18. The number of hydrogen-bond acceptors (Lipinski definition) is 3. The molecule has 2 unspecified atom stereocenters. The second-order valence-electron chi connectivity index (χ2n) is 4.63. The monoisotopic (exact) mass is 247 g/mol. The van der Waals surface area contributed by atoms with Gasteiger partial charge in [-0.25, -0.2) is 0 Å². The zero-order valence-electron chi connectivity index (χ0n) is 10.6. The molecular weight excluding hydrogens is 230 g/mol. The topological polar surface area (TPSA) is 46.6 Å². The lowest BCUT2D eigenvalue weighted by molar-refractivity contribution is -0.146. The minimum atomic E-state index is -0.386. The fourth-order valence-electron chi connectivity index (χ4n) is 2.16. The molecule has 96 valence electrons. The van der Waals surface area contributed by atoms with Crippen LogP contribution >= 0.6 is 0 Å². The highest BCUT2D eigenvalue weighted by atomic mass is 16.5. The smallest absolute Gasteiger partial charge is 0.325 e. The lowest BCUT2D eigenvalue weighted by atomic mass is 10.1. The number of ether oxygens (including phenoxy) is 1. The third kappa shape index (κ3) is 2.70. The van der Waals surface area contributed by atoms with Gasteiger partial charge in [0.05, 0.1) is 7.11 Å². The molecule has 0 bridgehead atoms. The first-order valence-corrected chi connectivity index (χ1v) is 6.00. The summed E-state index contributed by atoms with van der Waals surface area (Å²) in [5.74, 6) is -0.0436. The van der Waals surface area contributed by atoms with Gasteiger partial charge in [0.1, 0.15) is 6.54 Å². The summed E-state index contributed by atoms with van der Waals surface area (Å²) in [6.07, 6.45) is 0.869. The van der Waals surface area contributed by atoms with E-state index >= 15 is 0 Å². The van der Waals surface area contributed by atoms with Crippen molar-refractivity contribution >= 4 is 11.9 Å². The van der Waals surface area contributed by atoms with Crippen LogP contribution in [0.4, 0.5) is 0 Å². The van der Waals surface area contributed by atoms with Crippen LogP contribution in [0.15, 0.2) is 30.3 Å². The van der Waals surface area contributed by atoms with Crippen LogP contribution in [0.3, 0.4) is 0 Å². The zero-order chi connectivity index (χ0) is 13.1. The van der Waals surface area contributed by atoms with Crippen molar-refractivity contribution in [1.82, 2.24) is 4.90 Å². The number of methoxy groups -OCH3 is 1. The average molecular weight is 247 g/mol. The van der Waals surface area contributed by atoms with Gasteiger partial charge >= 0.3 is 5.97 Å². The van der Waals surface area contributed by atoms with Gasteiger partial charge in [-0.05, 0) is 17.9 Å². The Hall–Kier alpha value is -1.84. The molecule has 1 aliphatic carbocycles. The van der Waals surface area contributed by atoms with Gasteiger partial charge in [0.25, 0.3) is 0 Å². The Morgan fingerprint density at radius 1 is 1.33 bits per heavy atom. The predicted molar refractivity (Wildman–Crippen MR) is 66.9 cm³/mol. The molecule has 1 aliphatic rings. The number of carbonyl (C=O) groups is 2. The third-order valence-electron chi connectivity index (χ3n) is 3.31. The molecule has 4 heteroatoms. The Labute approximate surface area is 107 Å². The minimum absolute atomic E-state index is 0.0158. The van der Waals surface area contributed by atoms with Crippen LogP contribution in [0.5, 0.6) is 0 Å². The Morgan fingerprint density at radius 3 is 2.61 bits per heavy atom. The van der Waals surface area contributed by atoms with E-state index in [0.717, 1.165) is 6.42 Å². The molecule has 18 heavy (non-hydrogen) atoms. The van der Waals surface area contributed by atoms with Gasteiger partial charge in [0, 0.05) is 13.0 Å². The summed E-state index contributed by atoms with van der Waals surface area (Å²) in [6.45, 7) is 0.0212. The SMILES string of the molecule is COC(=O)CN(C)C(=O)C1CC1c1ccccc1. The molecule has 2 atom stereocenters. The Kier molecular flexibility index (Phi) is 3.65. The van der Waals surface area contributed by atoms with Crippen LogP contribution in [0.25, 0.3) is 0 Å². The van der Waals surface area contributed by atoms with Crippen molar-refractivity contribution in [2.24, 2.45) is 5.92 Å². The van der Waals surface area contributed by atoms with Crippen molar-refractivity contribution in [1.29, 1.82) is 0 Å². The van der Waals surface area contributed by atoms with Crippen LogP contribution in [-0.2, 0) is 14.3 Å². The number of amides is 1. The van der Waals surface area contributed by atoms with Gasteiger partial charge in [-0.2, -0.15) is 0 Å². The number of benzene rings is 1. The van der Waals surface area contributed by atoms with E-state index in [1.165, 1.54) is 17.6 Å². The molecule has 2 rings (SSSR count). The second-order valence-corrected chi connectivity index (χ2v) is 4.63. The van der Waals surface area contributed by atoms with Crippen molar-refractivity contribution in [2.45, 2.75) is 12.3 Å². The van der Waals surface area contributed by atoms with Crippen molar-refractivity contribution in [3.05, 3.63) is 35.9 Å². The van der Waals surface area contributed by atoms with Crippen LogP contribution in [0.1, 0.15) is 17.9 Å². The van der Waals surface area contributed by atoms with Gasteiger partial charge in [-0.3, -0.25) is 9.59 Å². The number of likely N-dealkylation sites (N-methyl/N-ethyl adjacent to an activating group) is 1. The molecular formula is C14H17NO3. The van der Waals surface area contributed by atoms with E-state index in [2.05, 4.69) is 4.74 Å². The lowest BCUT2D eigenvalue weighted by Gasteiger charge is -2.15. The quantitative estimate of drug-likeness (QED) is 0.756. The number of carbonyl (C=O) groups excluding carboxylic acids is 2. The molecule has 1 fully saturated rings. The van der Waals surface area contributed by atoms with E-state index in [1.54, 1.807) is 7.05 Å². The molecule has 1 amide bonds. The number of esters is 1. The maximum absolute atomic E-state index is 12.1. The van der Waals surface area contributed by atoms with Gasteiger partial charge in [-0.15, -0.1) is 0 Å². The Bertz CT molecular complexity index is 444. The fourth-order valence-corrected chi connectivity index (χ4v) is 2.16. The molecule has 1 aromatic rings. The highest BCUT2D eigenvalue weighted by Gasteiger charge is 2.45. The summed E-state index contributed by atoms with van der Waals surface area (Å²) < 4.78 is 4.55. The van der Waals surface area contributed by atoms with Gasteiger partial charge < -0.3 is 9.64 Å². The van der Waals surface area contributed by atoms with E-state index in [1.807, 2.05) is 30.3 Å². The van der Waals surface area contributed by atoms with Crippen LogP contribution in [0, 0.1) is 5.92 Å². The molecule has 0 N–H and O–H groups in total. The van der Waals surface area contributed by atoms with Crippen LogP contribution in [-0.4, -0.2) is 37.5 Å². The molecule has 0 heterocycles. The Morgan fingerprint density at radius 2 is 2.00 bits per heavy atom. The van der Waals surface area contributed by atoms with E-state index in [-0.39, 0.29) is 24.3 Å². The molecule has 0 saturated heterocycles.